The average molecular weight is 302 g/mol. The van der Waals surface area contributed by atoms with Gasteiger partial charge in [-0.25, -0.2) is 4.79 Å². The van der Waals surface area contributed by atoms with Crippen molar-refractivity contribution in [2.24, 2.45) is 5.92 Å². The third kappa shape index (κ3) is 3.13. The number of benzene rings is 1. The second-order valence-electron chi connectivity index (χ2n) is 5.71. The van der Waals surface area contributed by atoms with Crippen LogP contribution in [0.2, 0.25) is 0 Å². The summed E-state index contributed by atoms with van der Waals surface area (Å²) in [5, 5.41) is 0.386. The van der Waals surface area contributed by atoms with Crippen molar-refractivity contribution in [1.29, 1.82) is 0 Å². The molecule has 1 heterocycles. The summed E-state index contributed by atoms with van der Waals surface area (Å²) in [5.74, 6) is -0.0856. The van der Waals surface area contributed by atoms with Gasteiger partial charge in [0.1, 0.15) is 5.56 Å². The maximum atomic E-state index is 12.6. The molecule has 0 amide bonds. The van der Waals surface area contributed by atoms with Crippen LogP contribution >= 0.6 is 0 Å². The van der Waals surface area contributed by atoms with Crippen LogP contribution in [-0.4, -0.2) is 17.1 Å². The number of nitrogen functional groups attached to an aromatic ring is 1. The lowest BCUT2D eigenvalue weighted by molar-refractivity contribution is 0.0524. The SMILES string of the molecule is CCOC(=O)c1cn(CCC(C)C)c2cccc(N)c2c1=O. The zero-order valence-corrected chi connectivity index (χ0v) is 13.3. The van der Waals surface area contributed by atoms with Crippen LogP contribution in [0.3, 0.4) is 0 Å². The predicted octanol–water partition coefficient (Wildman–Crippen LogP) is 2.81. The number of hydrogen-bond donors (Lipinski definition) is 1. The largest absolute Gasteiger partial charge is 0.462 e. The zero-order chi connectivity index (χ0) is 16.3. The number of pyridine rings is 1. The second kappa shape index (κ2) is 6.64. The molecular formula is C17H22N2O3. The van der Waals surface area contributed by atoms with Gasteiger partial charge in [-0.15, -0.1) is 0 Å². The lowest BCUT2D eigenvalue weighted by Crippen LogP contribution is -2.22. The maximum absolute atomic E-state index is 12.6. The van der Waals surface area contributed by atoms with Crippen molar-refractivity contribution in [3.8, 4) is 0 Å². The van der Waals surface area contributed by atoms with Crippen LogP contribution in [-0.2, 0) is 11.3 Å². The van der Waals surface area contributed by atoms with Crippen molar-refractivity contribution >= 4 is 22.6 Å². The summed E-state index contributed by atoms with van der Waals surface area (Å²) in [6.07, 6.45) is 2.53. The normalized spacial score (nSPS) is 11.1. The van der Waals surface area contributed by atoms with Crippen LogP contribution < -0.4 is 11.2 Å². The second-order valence-corrected chi connectivity index (χ2v) is 5.71. The van der Waals surface area contributed by atoms with Crippen molar-refractivity contribution in [1.82, 2.24) is 4.57 Å². The zero-order valence-electron chi connectivity index (χ0n) is 13.3. The Morgan fingerprint density at radius 3 is 2.73 bits per heavy atom. The van der Waals surface area contributed by atoms with E-state index < -0.39 is 5.97 Å². The summed E-state index contributed by atoms with van der Waals surface area (Å²) in [5.41, 5.74) is 6.76. The Labute approximate surface area is 129 Å². The van der Waals surface area contributed by atoms with Gasteiger partial charge in [0, 0.05) is 18.4 Å². The number of anilines is 1. The highest BCUT2D eigenvalue weighted by atomic mass is 16.5. The predicted molar refractivity (Wildman–Crippen MR) is 88.0 cm³/mol. The van der Waals surface area contributed by atoms with Gasteiger partial charge < -0.3 is 15.0 Å². The highest BCUT2D eigenvalue weighted by Gasteiger charge is 2.17. The molecule has 2 rings (SSSR count). The van der Waals surface area contributed by atoms with Crippen LogP contribution in [0.4, 0.5) is 5.69 Å². The number of carbonyl (C=O) groups is 1. The summed E-state index contributed by atoms with van der Waals surface area (Å²) in [7, 11) is 0. The number of ether oxygens (including phenoxy) is 1. The van der Waals surface area contributed by atoms with Gasteiger partial charge in [-0.1, -0.05) is 19.9 Å². The van der Waals surface area contributed by atoms with Gasteiger partial charge in [0.25, 0.3) is 0 Å². The van der Waals surface area contributed by atoms with E-state index in [1.54, 1.807) is 19.2 Å². The molecule has 0 radical (unpaired) electrons. The molecule has 0 unspecified atom stereocenters. The Hall–Kier alpha value is -2.30. The summed E-state index contributed by atoms with van der Waals surface area (Å²) in [6, 6.07) is 5.33. The number of esters is 1. The van der Waals surface area contributed by atoms with E-state index in [0.717, 1.165) is 11.9 Å². The standard InChI is InChI=1S/C17H22N2O3/c1-4-22-17(21)12-10-19(9-8-11(2)3)14-7-5-6-13(18)15(14)16(12)20/h5-7,10-11H,4,8-9,18H2,1-3H3. The van der Waals surface area contributed by atoms with E-state index in [9.17, 15) is 9.59 Å². The highest BCUT2D eigenvalue weighted by Crippen LogP contribution is 2.19. The molecule has 1 aromatic heterocycles. The number of aromatic nitrogens is 1. The molecule has 1 aromatic carbocycles. The number of aryl methyl sites for hydroxylation is 1. The third-order valence-corrected chi connectivity index (χ3v) is 3.58. The van der Waals surface area contributed by atoms with E-state index in [0.29, 0.717) is 23.5 Å². The fraction of sp³-hybridized carbons (Fsp3) is 0.412. The fourth-order valence-corrected chi connectivity index (χ4v) is 2.40. The van der Waals surface area contributed by atoms with Gasteiger partial charge in [-0.2, -0.15) is 0 Å². The monoisotopic (exact) mass is 302 g/mol. The molecular weight excluding hydrogens is 280 g/mol. The van der Waals surface area contributed by atoms with Crippen LogP contribution in [0.1, 0.15) is 37.6 Å². The lowest BCUT2D eigenvalue weighted by Gasteiger charge is -2.15. The quantitative estimate of drug-likeness (QED) is 0.681. The molecule has 0 aliphatic rings. The number of hydrogen-bond acceptors (Lipinski definition) is 4. The molecule has 0 saturated carbocycles. The Morgan fingerprint density at radius 1 is 1.36 bits per heavy atom. The van der Waals surface area contributed by atoms with Crippen molar-refractivity contribution < 1.29 is 9.53 Å². The number of fused-ring (bicyclic) bond motifs is 1. The Kier molecular flexibility index (Phi) is 4.85. The van der Waals surface area contributed by atoms with Crippen molar-refractivity contribution in [2.75, 3.05) is 12.3 Å². The molecule has 0 aliphatic heterocycles. The van der Waals surface area contributed by atoms with E-state index in [4.69, 9.17) is 10.5 Å². The molecule has 5 heteroatoms. The molecule has 0 atom stereocenters. The van der Waals surface area contributed by atoms with Crippen molar-refractivity contribution in [2.45, 2.75) is 33.7 Å². The molecule has 0 spiro atoms. The molecule has 0 bridgehead atoms. The number of nitrogens with two attached hydrogens (primary N) is 1. The first kappa shape index (κ1) is 16.1. The van der Waals surface area contributed by atoms with Crippen LogP contribution in [0.25, 0.3) is 10.9 Å². The van der Waals surface area contributed by atoms with Gasteiger partial charge in [-0.05, 0) is 31.4 Å². The van der Waals surface area contributed by atoms with E-state index in [2.05, 4.69) is 13.8 Å². The summed E-state index contributed by atoms with van der Waals surface area (Å²) >= 11 is 0. The van der Waals surface area contributed by atoms with Gasteiger partial charge in [-0.3, -0.25) is 4.79 Å². The topological polar surface area (TPSA) is 74.3 Å². The molecule has 0 aliphatic carbocycles. The minimum atomic E-state index is -0.601. The van der Waals surface area contributed by atoms with Crippen LogP contribution in [0.15, 0.2) is 29.2 Å². The smallest absolute Gasteiger partial charge is 0.343 e. The third-order valence-electron chi connectivity index (χ3n) is 3.58. The van der Waals surface area contributed by atoms with Crippen molar-refractivity contribution in [3.05, 3.63) is 40.2 Å². The molecule has 5 nitrogen and oxygen atoms in total. The minimum absolute atomic E-state index is 0.0380. The van der Waals surface area contributed by atoms with Gasteiger partial charge in [0.15, 0.2) is 0 Å². The molecule has 118 valence electrons. The number of rotatable bonds is 5. The maximum Gasteiger partial charge on any atom is 0.343 e. The summed E-state index contributed by atoms with van der Waals surface area (Å²) in [6.45, 7) is 6.91. The summed E-state index contributed by atoms with van der Waals surface area (Å²) in [4.78, 5) is 24.6. The minimum Gasteiger partial charge on any atom is -0.462 e. The first-order chi connectivity index (χ1) is 10.5. The van der Waals surface area contributed by atoms with E-state index in [1.165, 1.54) is 0 Å². The van der Waals surface area contributed by atoms with Gasteiger partial charge >= 0.3 is 5.97 Å². The van der Waals surface area contributed by atoms with Crippen LogP contribution in [0.5, 0.6) is 0 Å². The average Bonchev–Trinajstić information content (AvgIpc) is 2.46. The lowest BCUT2D eigenvalue weighted by atomic mass is 10.1. The van der Waals surface area contributed by atoms with Gasteiger partial charge in [0.05, 0.1) is 17.5 Å². The molecule has 0 fully saturated rings. The molecule has 0 saturated heterocycles. The van der Waals surface area contributed by atoms with Gasteiger partial charge in [0.2, 0.25) is 5.43 Å². The summed E-state index contributed by atoms with van der Waals surface area (Å²) < 4.78 is 6.90. The highest BCUT2D eigenvalue weighted by molar-refractivity contribution is 5.97. The Balaban J connectivity index is 2.67. The van der Waals surface area contributed by atoms with Crippen LogP contribution in [0, 0.1) is 5.92 Å². The van der Waals surface area contributed by atoms with E-state index in [-0.39, 0.29) is 17.6 Å². The fourth-order valence-electron chi connectivity index (χ4n) is 2.40. The first-order valence-corrected chi connectivity index (χ1v) is 7.54. The molecule has 2 N–H and O–H groups in total. The number of nitrogens with zero attached hydrogens (tertiary/aromatic N) is 1. The molecule has 2 aromatic rings. The first-order valence-electron chi connectivity index (χ1n) is 7.54. The van der Waals surface area contributed by atoms with E-state index in [1.807, 2.05) is 16.7 Å². The van der Waals surface area contributed by atoms with Crippen molar-refractivity contribution in [3.63, 3.8) is 0 Å². The molecule has 22 heavy (non-hydrogen) atoms. The Bertz CT molecular complexity index is 747. The Morgan fingerprint density at radius 2 is 2.09 bits per heavy atom. The number of carbonyl (C=O) groups excluding carboxylic acids is 1. The van der Waals surface area contributed by atoms with E-state index >= 15 is 0 Å².